The van der Waals surface area contributed by atoms with Crippen molar-refractivity contribution in [1.82, 2.24) is 0 Å². The topological polar surface area (TPSA) is 78.9 Å². The van der Waals surface area contributed by atoms with Gasteiger partial charge in [0.1, 0.15) is 13.2 Å². The molecule has 404 valence electrons. The Hall–Kier alpha value is -3.15. The fourth-order valence-corrected chi connectivity index (χ4v) is 8.48. The van der Waals surface area contributed by atoms with Crippen LogP contribution in [-0.4, -0.2) is 37.2 Å². The van der Waals surface area contributed by atoms with Gasteiger partial charge in [0, 0.05) is 19.3 Å². The lowest BCUT2D eigenvalue weighted by molar-refractivity contribution is -0.167. The minimum Gasteiger partial charge on any atom is -0.462 e. The largest absolute Gasteiger partial charge is 0.462 e. The molecule has 0 saturated carbocycles. The summed E-state index contributed by atoms with van der Waals surface area (Å²) in [5, 5.41) is 0. The van der Waals surface area contributed by atoms with Crippen molar-refractivity contribution in [2.75, 3.05) is 13.2 Å². The van der Waals surface area contributed by atoms with Crippen molar-refractivity contribution in [3.63, 3.8) is 0 Å². The average Bonchev–Trinajstić information content (AvgIpc) is 3.36. The molecule has 0 spiro atoms. The smallest absolute Gasteiger partial charge is 0.306 e. The van der Waals surface area contributed by atoms with Crippen molar-refractivity contribution in [1.29, 1.82) is 0 Å². The first-order valence-electron chi connectivity index (χ1n) is 30.0. The van der Waals surface area contributed by atoms with Gasteiger partial charge < -0.3 is 14.2 Å². The molecule has 0 radical (unpaired) electrons. The van der Waals surface area contributed by atoms with Gasteiger partial charge in [0.25, 0.3) is 0 Å². The molecule has 0 saturated heterocycles. The van der Waals surface area contributed by atoms with Crippen LogP contribution in [0.4, 0.5) is 0 Å². The quantitative estimate of drug-likeness (QED) is 0.0199. The van der Waals surface area contributed by atoms with Gasteiger partial charge in [-0.05, 0) is 83.5 Å². The molecule has 70 heavy (non-hydrogen) atoms. The fourth-order valence-electron chi connectivity index (χ4n) is 8.48. The number of ether oxygens (including phenoxy) is 3. The van der Waals surface area contributed by atoms with Crippen LogP contribution in [0.25, 0.3) is 0 Å². The molecule has 6 heteroatoms. The molecule has 0 heterocycles. The van der Waals surface area contributed by atoms with Crippen molar-refractivity contribution in [3.05, 3.63) is 72.9 Å². The highest BCUT2D eigenvalue weighted by molar-refractivity contribution is 5.71. The summed E-state index contributed by atoms with van der Waals surface area (Å²) in [6.45, 7) is 6.51. The molecule has 0 rings (SSSR count). The molecule has 0 aromatic rings. The third-order valence-electron chi connectivity index (χ3n) is 13.0. The monoisotopic (exact) mass is 977 g/mol. The van der Waals surface area contributed by atoms with Gasteiger partial charge in [-0.15, -0.1) is 0 Å². The minimum atomic E-state index is -0.785. The Morgan fingerprint density at radius 3 is 0.986 bits per heavy atom. The Morgan fingerprint density at radius 2 is 0.600 bits per heavy atom. The highest BCUT2D eigenvalue weighted by Gasteiger charge is 2.19. The van der Waals surface area contributed by atoms with Crippen molar-refractivity contribution in [2.45, 2.75) is 303 Å². The van der Waals surface area contributed by atoms with Crippen molar-refractivity contribution in [3.8, 4) is 0 Å². The van der Waals surface area contributed by atoms with Crippen LogP contribution < -0.4 is 0 Å². The number of carbonyl (C=O) groups excluding carboxylic acids is 3. The maximum absolute atomic E-state index is 12.9. The predicted octanol–water partition coefficient (Wildman–Crippen LogP) is 20.2. The summed E-state index contributed by atoms with van der Waals surface area (Å²) in [5.74, 6) is -0.895. The SMILES string of the molecule is CC/C=C\C/C=C\C/C=C\C/C=C\CCCCCCCCC(=O)OCC(COC(=O)CCCCCCCC/C=C\C=C/CCCCC)OC(=O)CCCCCCCCCCCCCCCCCCCC. The molecule has 0 aliphatic rings. The standard InChI is InChI=1S/C64H112O6/c1-4-7-10-13-16-19-22-25-28-30-32-34-36-39-42-45-48-51-54-57-63(66)69-60-61(59-68-62(65)56-53-50-47-44-41-38-35-27-24-21-18-15-12-9-6-3)70-64(67)58-55-52-49-46-43-40-37-33-31-29-26-23-20-17-14-11-8-5-2/h7,10,16,18-19,21,24-25,27-28,32,34,61H,4-6,8-9,11-15,17,20,22-23,26,29-31,33,35-60H2,1-3H3/b10-7-,19-16-,21-18-,27-24-,28-25-,34-32-. The molecule has 0 aliphatic carbocycles. The highest BCUT2D eigenvalue weighted by Crippen LogP contribution is 2.16. The zero-order chi connectivity index (χ0) is 50.7. The predicted molar refractivity (Wildman–Crippen MR) is 302 cm³/mol. The maximum atomic E-state index is 12.9. The van der Waals surface area contributed by atoms with E-state index in [1.165, 1.54) is 161 Å². The minimum absolute atomic E-state index is 0.0840. The third kappa shape index (κ3) is 55.8. The summed E-state index contributed by atoms with van der Waals surface area (Å²) in [4.78, 5) is 38.2. The van der Waals surface area contributed by atoms with Gasteiger partial charge in [-0.2, -0.15) is 0 Å². The van der Waals surface area contributed by atoms with E-state index in [1.807, 2.05) is 0 Å². The first kappa shape index (κ1) is 66.9. The van der Waals surface area contributed by atoms with Crippen LogP contribution in [0.3, 0.4) is 0 Å². The van der Waals surface area contributed by atoms with Gasteiger partial charge in [-0.25, -0.2) is 0 Å². The molecule has 1 unspecified atom stereocenters. The van der Waals surface area contributed by atoms with Crippen molar-refractivity contribution >= 4 is 17.9 Å². The van der Waals surface area contributed by atoms with Gasteiger partial charge in [-0.1, -0.05) is 267 Å². The molecule has 0 aromatic heterocycles. The molecular weight excluding hydrogens is 865 g/mol. The van der Waals surface area contributed by atoms with E-state index in [2.05, 4.69) is 93.7 Å². The van der Waals surface area contributed by atoms with Crippen LogP contribution in [0.5, 0.6) is 0 Å². The first-order valence-corrected chi connectivity index (χ1v) is 30.0. The Morgan fingerprint density at radius 1 is 0.314 bits per heavy atom. The Labute approximate surface area is 433 Å². The zero-order valence-corrected chi connectivity index (χ0v) is 46.3. The molecule has 6 nitrogen and oxygen atoms in total. The van der Waals surface area contributed by atoms with Gasteiger partial charge in [-0.3, -0.25) is 14.4 Å². The highest BCUT2D eigenvalue weighted by atomic mass is 16.6. The Balaban J connectivity index is 4.40. The summed E-state index contributed by atoms with van der Waals surface area (Å²) in [5.41, 5.74) is 0. The molecule has 0 aliphatic heterocycles. The molecule has 0 aromatic carbocycles. The fraction of sp³-hybridized carbons (Fsp3) is 0.766. The van der Waals surface area contributed by atoms with E-state index in [-0.39, 0.29) is 31.1 Å². The summed E-state index contributed by atoms with van der Waals surface area (Å²) < 4.78 is 16.9. The number of allylic oxidation sites excluding steroid dienone is 12. The lowest BCUT2D eigenvalue weighted by Gasteiger charge is -2.18. The summed E-state index contributed by atoms with van der Waals surface area (Å²) >= 11 is 0. The Bertz CT molecular complexity index is 1310. The summed E-state index contributed by atoms with van der Waals surface area (Å²) in [6, 6.07) is 0. The molecule has 1 atom stereocenters. The lowest BCUT2D eigenvalue weighted by atomic mass is 10.0. The van der Waals surface area contributed by atoms with Crippen LogP contribution in [-0.2, 0) is 28.6 Å². The van der Waals surface area contributed by atoms with Crippen LogP contribution >= 0.6 is 0 Å². The number of carbonyl (C=O) groups is 3. The van der Waals surface area contributed by atoms with E-state index in [4.69, 9.17) is 14.2 Å². The van der Waals surface area contributed by atoms with E-state index in [9.17, 15) is 14.4 Å². The molecular formula is C64H112O6. The Kier molecular flexibility index (Phi) is 55.8. The second kappa shape index (κ2) is 58.4. The number of hydrogen-bond donors (Lipinski definition) is 0. The van der Waals surface area contributed by atoms with Crippen LogP contribution in [0, 0.1) is 0 Å². The second-order valence-corrected chi connectivity index (χ2v) is 19.9. The second-order valence-electron chi connectivity index (χ2n) is 19.9. The maximum Gasteiger partial charge on any atom is 0.306 e. The molecule has 0 fully saturated rings. The van der Waals surface area contributed by atoms with E-state index in [1.54, 1.807) is 0 Å². The number of esters is 3. The van der Waals surface area contributed by atoms with E-state index >= 15 is 0 Å². The average molecular weight is 978 g/mol. The number of hydrogen-bond acceptors (Lipinski definition) is 6. The van der Waals surface area contributed by atoms with Crippen molar-refractivity contribution in [2.24, 2.45) is 0 Å². The summed E-state index contributed by atoms with van der Waals surface area (Å²) in [6.07, 6.45) is 74.6. The van der Waals surface area contributed by atoms with Crippen LogP contribution in [0.1, 0.15) is 297 Å². The zero-order valence-electron chi connectivity index (χ0n) is 46.3. The summed E-state index contributed by atoms with van der Waals surface area (Å²) in [7, 11) is 0. The molecule has 0 N–H and O–H groups in total. The normalized spacial score (nSPS) is 12.6. The van der Waals surface area contributed by atoms with Crippen molar-refractivity contribution < 1.29 is 28.6 Å². The van der Waals surface area contributed by atoms with E-state index < -0.39 is 6.10 Å². The van der Waals surface area contributed by atoms with E-state index in [0.717, 1.165) is 96.3 Å². The van der Waals surface area contributed by atoms with Gasteiger partial charge in [0.15, 0.2) is 6.10 Å². The van der Waals surface area contributed by atoms with Gasteiger partial charge in [0.05, 0.1) is 0 Å². The number of unbranched alkanes of at least 4 members (excludes halogenated alkanes) is 32. The van der Waals surface area contributed by atoms with Gasteiger partial charge >= 0.3 is 17.9 Å². The van der Waals surface area contributed by atoms with Gasteiger partial charge in [0.2, 0.25) is 0 Å². The molecule has 0 bridgehead atoms. The first-order chi connectivity index (χ1) is 34.5. The molecule has 0 amide bonds. The van der Waals surface area contributed by atoms with Crippen LogP contribution in [0.15, 0.2) is 72.9 Å². The van der Waals surface area contributed by atoms with E-state index in [0.29, 0.717) is 19.3 Å². The van der Waals surface area contributed by atoms with Crippen LogP contribution in [0.2, 0.25) is 0 Å². The lowest BCUT2D eigenvalue weighted by Crippen LogP contribution is -2.30. The third-order valence-corrected chi connectivity index (χ3v) is 13.0. The number of rotatable bonds is 54.